The zero-order valence-corrected chi connectivity index (χ0v) is 30.1. The highest BCUT2D eigenvalue weighted by molar-refractivity contribution is 6.76. The van der Waals surface area contributed by atoms with Crippen LogP contribution < -0.4 is 5.32 Å². The number of fused-ring (bicyclic) bond motifs is 2. The van der Waals surface area contributed by atoms with E-state index in [0.717, 1.165) is 17.9 Å². The zero-order chi connectivity index (χ0) is 34.3. The maximum atomic E-state index is 14.5. The summed E-state index contributed by atoms with van der Waals surface area (Å²) in [6, 6.07) is 5.61. The molecule has 0 saturated carbocycles. The molecule has 1 aliphatic rings. The summed E-state index contributed by atoms with van der Waals surface area (Å²) in [5.41, 5.74) is 2.07. The fraction of sp³-hybridized carbons (Fsp3) is 0.559. The van der Waals surface area contributed by atoms with Crippen molar-refractivity contribution in [2.45, 2.75) is 98.1 Å². The smallest absolute Gasteiger partial charge is 0.410 e. The van der Waals surface area contributed by atoms with E-state index in [1.165, 1.54) is 12.1 Å². The van der Waals surface area contributed by atoms with E-state index >= 15 is 0 Å². The number of nitrogens with zero attached hydrogens (tertiary/aromatic N) is 6. The van der Waals surface area contributed by atoms with Gasteiger partial charge in [-0.3, -0.25) is 9.48 Å². The number of halogens is 1. The van der Waals surface area contributed by atoms with E-state index in [1.807, 2.05) is 46.1 Å². The van der Waals surface area contributed by atoms with Crippen molar-refractivity contribution in [2.24, 2.45) is 5.92 Å². The number of ether oxygens (including phenoxy) is 2. The summed E-state index contributed by atoms with van der Waals surface area (Å²) >= 11 is 0. The van der Waals surface area contributed by atoms with Crippen molar-refractivity contribution in [1.29, 1.82) is 0 Å². The van der Waals surface area contributed by atoms with Crippen LogP contribution in [-0.4, -0.2) is 80.1 Å². The molecule has 13 heteroatoms. The highest BCUT2D eigenvalue weighted by Gasteiger charge is 2.33. The van der Waals surface area contributed by atoms with Gasteiger partial charge < -0.3 is 24.3 Å². The Balaban J connectivity index is 1.42. The molecule has 0 atom stereocenters. The lowest BCUT2D eigenvalue weighted by molar-refractivity contribution is -0.00273. The lowest BCUT2D eigenvalue weighted by atomic mass is 9.97. The SMILES string of the molecule is CC(C)(C)NC(=O)c1cn(COCC[Si](C)(C)C)c2ncc(-c3nn(CCC4CN(C(=O)OC(C)(C)C)C4)c4cc(F)ccc34)nc12. The van der Waals surface area contributed by atoms with Gasteiger partial charge in [0.2, 0.25) is 0 Å². The summed E-state index contributed by atoms with van der Waals surface area (Å²) in [6.07, 6.45) is 3.84. The van der Waals surface area contributed by atoms with E-state index < -0.39 is 19.2 Å². The average Bonchev–Trinajstić information content (AvgIpc) is 3.45. The molecule has 4 heterocycles. The molecule has 0 bridgehead atoms. The molecule has 0 aliphatic carbocycles. The first-order valence-electron chi connectivity index (χ1n) is 16.3. The second-order valence-corrected chi connectivity index (χ2v) is 21.4. The molecule has 11 nitrogen and oxygen atoms in total. The third-order valence-corrected chi connectivity index (χ3v) is 9.54. The van der Waals surface area contributed by atoms with Crippen LogP contribution >= 0.6 is 0 Å². The number of aryl methyl sites for hydroxylation is 1. The van der Waals surface area contributed by atoms with Crippen LogP contribution in [0.15, 0.2) is 30.6 Å². The first-order chi connectivity index (χ1) is 21.9. The fourth-order valence-corrected chi connectivity index (χ4v) is 6.18. The van der Waals surface area contributed by atoms with Crippen LogP contribution in [0.4, 0.5) is 9.18 Å². The Bertz CT molecular complexity index is 1780. The molecule has 0 unspecified atom stereocenters. The molecule has 4 aromatic rings. The van der Waals surface area contributed by atoms with Gasteiger partial charge in [0.1, 0.15) is 35.1 Å². The highest BCUT2D eigenvalue weighted by Crippen LogP contribution is 2.31. The predicted octanol–water partition coefficient (Wildman–Crippen LogP) is 6.68. The van der Waals surface area contributed by atoms with Crippen LogP contribution in [0.2, 0.25) is 25.7 Å². The largest absolute Gasteiger partial charge is 0.444 e. The molecule has 47 heavy (non-hydrogen) atoms. The van der Waals surface area contributed by atoms with Crippen molar-refractivity contribution in [2.75, 3.05) is 19.7 Å². The van der Waals surface area contributed by atoms with E-state index in [0.29, 0.717) is 59.9 Å². The van der Waals surface area contributed by atoms with Gasteiger partial charge >= 0.3 is 6.09 Å². The van der Waals surface area contributed by atoms with Crippen LogP contribution in [0.25, 0.3) is 33.5 Å². The summed E-state index contributed by atoms with van der Waals surface area (Å²) in [7, 11) is -1.26. The molecule has 254 valence electrons. The Morgan fingerprint density at radius 1 is 1.11 bits per heavy atom. The normalized spacial score (nSPS) is 14.6. The van der Waals surface area contributed by atoms with Crippen molar-refractivity contribution in [3.05, 3.63) is 42.0 Å². The van der Waals surface area contributed by atoms with Gasteiger partial charge in [0.15, 0.2) is 5.65 Å². The molecule has 3 aromatic heterocycles. The number of hydrogen-bond donors (Lipinski definition) is 1. The van der Waals surface area contributed by atoms with Gasteiger partial charge in [-0.05, 0) is 78.1 Å². The molecule has 0 radical (unpaired) electrons. The Morgan fingerprint density at radius 2 is 1.83 bits per heavy atom. The van der Waals surface area contributed by atoms with Crippen LogP contribution in [-0.2, 0) is 22.7 Å². The van der Waals surface area contributed by atoms with Crippen LogP contribution in [0, 0.1) is 11.7 Å². The number of amides is 2. The minimum Gasteiger partial charge on any atom is -0.444 e. The maximum absolute atomic E-state index is 14.5. The number of carbonyl (C=O) groups excluding carboxylic acids is 2. The predicted molar refractivity (Wildman–Crippen MR) is 183 cm³/mol. The quantitative estimate of drug-likeness (QED) is 0.148. The topological polar surface area (TPSA) is 116 Å². The van der Waals surface area contributed by atoms with E-state index in [-0.39, 0.29) is 30.5 Å². The number of benzene rings is 1. The van der Waals surface area contributed by atoms with Crippen LogP contribution in [0.1, 0.15) is 58.3 Å². The van der Waals surface area contributed by atoms with Gasteiger partial charge in [0.05, 0.1) is 17.3 Å². The van der Waals surface area contributed by atoms with Gasteiger partial charge in [-0.2, -0.15) is 5.10 Å². The number of hydrogen-bond acceptors (Lipinski definition) is 7. The Morgan fingerprint density at radius 3 is 2.49 bits per heavy atom. The van der Waals surface area contributed by atoms with Crippen molar-refractivity contribution in [3.63, 3.8) is 0 Å². The minimum absolute atomic E-state index is 0.251. The van der Waals surface area contributed by atoms with Gasteiger partial charge in [-0.25, -0.2) is 19.2 Å². The molecule has 1 aliphatic heterocycles. The number of likely N-dealkylation sites (tertiary alicyclic amines) is 1. The molecule has 1 aromatic carbocycles. The standard InChI is InChI=1S/C34H48FN7O4Si/c1-33(2,3)38-31(43)25-20-41(21-45-14-15-47(7,8)9)30-29(25)37-26(17-36-30)28-24-11-10-23(35)16-27(24)42(39-28)13-12-22-18-40(19-22)32(44)46-34(4,5)6/h10-11,16-17,20,22H,12-15,18-19,21H2,1-9H3,(H,38,43). The molecule has 5 rings (SSSR count). The third kappa shape index (κ3) is 8.55. The van der Waals surface area contributed by atoms with Crippen LogP contribution in [0.3, 0.4) is 0 Å². The number of nitrogens with one attached hydrogen (secondary N) is 1. The van der Waals surface area contributed by atoms with Crippen molar-refractivity contribution < 1.29 is 23.5 Å². The minimum atomic E-state index is -1.26. The second kappa shape index (κ2) is 13.0. The Hall–Kier alpha value is -3.84. The molecule has 0 spiro atoms. The summed E-state index contributed by atoms with van der Waals surface area (Å²) in [5.74, 6) is -0.335. The molecule has 1 fully saturated rings. The first-order valence-corrected chi connectivity index (χ1v) is 20.0. The second-order valence-electron chi connectivity index (χ2n) is 15.8. The van der Waals surface area contributed by atoms with E-state index in [1.54, 1.807) is 28.0 Å². The lowest BCUT2D eigenvalue weighted by Gasteiger charge is -2.39. The highest BCUT2D eigenvalue weighted by atomic mass is 28.3. The fourth-order valence-electron chi connectivity index (χ4n) is 5.42. The average molecular weight is 666 g/mol. The maximum Gasteiger partial charge on any atom is 0.410 e. The number of rotatable bonds is 10. The van der Waals surface area contributed by atoms with Crippen LogP contribution in [0.5, 0.6) is 0 Å². The van der Waals surface area contributed by atoms with Crippen molar-refractivity contribution >= 4 is 42.1 Å². The monoisotopic (exact) mass is 665 g/mol. The lowest BCUT2D eigenvalue weighted by Crippen LogP contribution is -2.51. The summed E-state index contributed by atoms with van der Waals surface area (Å²) in [5, 5.41) is 8.65. The van der Waals surface area contributed by atoms with E-state index in [2.05, 4.69) is 25.0 Å². The molecule has 1 N–H and O–H groups in total. The number of aromatic nitrogens is 5. The van der Waals surface area contributed by atoms with E-state index in [4.69, 9.17) is 24.5 Å². The molecule has 1 saturated heterocycles. The molecular weight excluding hydrogens is 618 g/mol. The van der Waals surface area contributed by atoms with Crippen molar-refractivity contribution in [1.82, 2.24) is 34.5 Å². The van der Waals surface area contributed by atoms with Crippen molar-refractivity contribution in [3.8, 4) is 11.4 Å². The number of carbonyl (C=O) groups is 2. The Kier molecular flexibility index (Phi) is 9.53. The van der Waals surface area contributed by atoms with Gasteiger partial charge in [-0.15, -0.1) is 0 Å². The summed E-state index contributed by atoms with van der Waals surface area (Å²) in [4.78, 5) is 37.2. The third-order valence-electron chi connectivity index (χ3n) is 7.84. The molecule has 2 amide bonds. The summed E-state index contributed by atoms with van der Waals surface area (Å²) < 4.78 is 29.6. The van der Waals surface area contributed by atoms with E-state index in [9.17, 15) is 14.0 Å². The first kappa shape index (κ1) is 34.5. The summed E-state index contributed by atoms with van der Waals surface area (Å²) in [6.45, 7) is 20.9. The Labute approximate surface area is 276 Å². The van der Waals surface area contributed by atoms with Gasteiger partial charge in [0.25, 0.3) is 5.91 Å². The van der Waals surface area contributed by atoms with Gasteiger partial charge in [0, 0.05) is 51.4 Å². The molecular formula is C34H48FN7O4Si. The van der Waals surface area contributed by atoms with Gasteiger partial charge in [-0.1, -0.05) is 19.6 Å². The zero-order valence-electron chi connectivity index (χ0n) is 29.1.